The monoisotopic (exact) mass is 202 g/mol. The summed E-state index contributed by atoms with van der Waals surface area (Å²) in [4.78, 5) is 2.31. The molecule has 0 bridgehead atoms. The molecule has 0 spiro atoms. The summed E-state index contributed by atoms with van der Waals surface area (Å²) in [5, 5.41) is 3.38. The Morgan fingerprint density at radius 3 is 3.14 bits per heavy atom. The van der Waals surface area contributed by atoms with Gasteiger partial charge in [0.15, 0.2) is 0 Å². The van der Waals surface area contributed by atoms with Crippen LogP contribution in [0.5, 0.6) is 0 Å². The molecular formula is C10H22N2O2. The Bertz CT molecular complexity index is 144. The number of hydrogen-bond donors (Lipinski definition) is 1. The van der Waals surface area contributed by atoms with Gasteiger partial charge in [-0.1, -0.05) is 0 Å². The van der Waals surface area contributed by atoms with Crippen molar-refractivity contribution in [3.8, 4) is 0 Å². The number of morpholine rings is 1. The van der Waals surface area contributed by atoms with E-state index >= 15 is 0 Å². The summed E-state index contributed by atoms with van der Waals surface area (Å²) in [7, 11) is 3.87. The third-order valence-electron chi connectivity index (χ3n) is 2.42. The molecule has 0 aromatic rings. The molecule has 4 nitrogen and oxygen atoms in total. The van der Waals surface area contributed by atoms with E-state index in [0.717, 1.165) is 45.8 Å². The average Bonchev–Trinajstić information content (AvgIpc) is 2.18. The summed E-state index contributed by atoms with van der Waals surface area (Å²) in [6, 6.07) is 0. The van der Waals surface area contributed by atoms with E-state index in [1.807, 2.05) is 0 Å². The van der Waals surface area contributed by atoms with Gasteiger partial charge in [0.25, 0.3) is 0 Å². The minimum atomic E-state index is 0.358. The Labute approximate surface area is 86.6 Å². The second-order valence-electron chi connectivity index (χ2n) is 3.81. The molecule has 1 atom stereocenters. The highest BCUT2D eigenvalue weighted by atomic mass is 16.5. The lowest BCUT2D eigenvalue weighted by molar-refractivity contribution is -0.0181. The molecule has 0 amide bonds. The third kappa shape index (κ3) is 4.91. The van der Waals surface area contributed by atoms with Crippen molar-refractivity contribution in [1.82, 2.24) is 10.2 Å². The maximum atomic E-state index is 5.62. The van der Waals surface area contributed by atoms with Gasteiger partial charge in [0.05, 0.1) is 12.7 Å². The number of rotatable bonds is 6. The minimum absolute atomic E-state index is 0.358. The van der Waals surface area contributed by atoms with E-state index in [4.69, 9.17) is 9.47 Å². The first-order valence-corrected chi connectivity index (χ1v) is 5.32. The zero-order chi connectivity index (χ0) is 10.2. The smallest absolute Gasteiger partial charge is 0.0826 e. The molecule has 84 valence electrons. The fourth-order valence-corrected chi connectivity index (χ4v) is 1.59. The van der Waals surface area contributed by atoms with Crippen LogP contribution in [0, 0.1) is 0 Å². The summed E-state index contributed by atoms with van der Waals surface area (Å²) in [5.74, 6) is 0. The van der Waals surface area contributed by atoms with Crippen LogP contribution >= 0.6 is 0 Å². The van der Waals surface area contributed by atoms with Crippen molar-refractivity contribution in [3.05, 3.63) is 0 Å². The van der Waals surface area contributed by atoms with Crippen molar-refractivity contribution in [2.24, 2.45) is 0 Å². The molecule has 0 saturated carbocycles. The van der Waals surface area contributed by atoms with Gasteiger partial charge in [-0.15, -0.1) is 0 Å². The molecule has 0 aromatic heterocycles. The number of nitrogens with one attached hydrogen (secondary N) is 1. The second kappa shape index (κ2) is 7.17. The van der Waals surface area contributed by atoms with Crippen LogP contribution in [-0.4, -0.2) is 64.6 Å². The SMILES string of the molecule is COCCCNCC1CN(C)CCO1. The van der Waals surface area contributed by atoms with E-state index in [1.165, 1.54) is 0 Å². The van der Waals surface area contributed by atoms with Crippen molar-refractivity contribution in [3.63, 3.8) is 0 Å². The number of ether oxygens (including phenoxy) is 2. The van der Waals surface area contributed by atoms with Crippen LogP contribution in [0.4, 0.5) is 0 Å². The molecule has 1 unspecified atom stereocenters. The first kappa shape index (κ1) is 11.9. The largest absolute Gasteiger partial charge is 0.385 e. The minimum Gasteiger partial charge on any atom is -0.385 e. The molecule has 0 radical (unpaired) electrons. The highest BCUT2D eigenvalue weighted by molar-refractivity contribution is 4.70. The fraction of sp³-hybridized carbons (Fsp3) is 1.00. The molecule has 0 aromatic carbocycles. The van der Waals surface area contributed by atoms with Crippen LogP contribution in [0.25, 0.3) is 0 Å². The van der Waals surface area contributed by atoms with Gasteiger partial charge in [0.2, 0.25) is 0 Å². The Hall–Kier alpha value is -0.160. The van der Waals surface area contributed by atoms with Crippen LogP contribution < -0.4 is 5.32 Å². The summed E-state index contributed by atoms with van der Waals surface area (Å²) in [6.07, 6.45) is 1.43. The molecule has 1 rings (SSSR count). The molecule has 0 aliphatic carbocycles. The predicted molar refractivity (Wildman–Crippen MR) is 56.6 cm³/mol. The number of methoxy groups -OCH3 is 1. The zero-order valence-corrected chi connectivity index (χ0v) is 9.29. The topological polar surface area (TPSA) is 33.7 Å². The van der Waals surface area contributed by atoms with Gasteiger partial charge in [-0.3, -0.25) is 0 Å². The molecular weight excluding hydrogens is 180 g/mol. The molecule has 1 N–H and O–H groups in total. The summed E-state index contributed by atoms with van der Waals surface area (Å²) in [5.41, 5.74) is 0. The third-order valence-corrected chi connectivity index (χ3v) is 2.42. The Morgan fingerprint density at radius 1 is 1.57 bits per heavy atom. The molecule has 14 heavy (non-hydrogen) atoms. The van der Waals surface area contributed by atoms with Crippen LogP contribution in [0.3, 0.4) is 0 Å². The van der Waals surface area contributed by atoms with E-state index in [0.29, 0.717) is 6.10 Å². The Kier molecular flexibility index (Phi) is 6.10. The number of hydrogen-bond acceptors (Lipinski definition) is 4. The molecule has 1 aliphatic rings. The molecule has 4 heteroatoms. The van der Waals surface area contributed by atoms with Gasteiger partial charge in [-0.2, -0.15) is 0 Å². The number of nitrogens with zero attached hydrogens (tertiary/aromatic N) is 1. The van der Waals surface area contributed by atoms with Gasteiger partial charge in [0, 0.05) is 33.4 Å². The van der Waals surface area contributed by atoms with Gasteiger partial charge in [-0.25, -0.2) is 0 Å². The van der Waals surface area contributed by atoms with Crippen molar-refractivity contribution < 1.29 is 9.47 Å². The summed E-state index contributed by atoms with van der Waals surface area (Å²) < 4.78 is 10.6. The quantitative estimate of drug-likeness (QED) is 0.612. The van der Waals surface area contributed by atoms with E-state index in [-0.39, 0.29) is 0 Å². The van der Waals surface area contributed by atoms with Crippen LogP contribution in [0.1, 0.15) is 6.42 Å². The maximum Gasteiger partial charge on any atom is 0.0826 e. The normalized spacial score (nSPS) is 24.0. The van der Waals surface area contributed by atoms with Crippen molar-refractivity contribution in [2.45, 2.75) is 12.5 Å². The second-order valence-corrected chi connectivity index (χ2v) is 3.81. The van der Waals surface area contributed by atoms with E-state index in [2.05, 4.69) is 17.3 Å². The fourth-order valence-electron chi connectivity index (χ4n) is 1.59. The van der Waals surface area contributed by atoms with Gasteiger partial charge in [-0.05, 0) is 20.0 Å². The predicted octanol–water partition coefficient (Wildman–Crippen LogP) is -0.0569. The molecule has 1 aliphatic heterocycles. The van der Waals surface area contributed by atoms with E-state index in [9.17, 15) is 0 Å². The lowest BCUT2D eigenvalue weighted by atomic mass is 10.3. The Balaban J connectivity index is 1.95. The van der Waals surface area contributed by atoms with Gasteiger partial charge in [0.1, 0.15) is 0 Å². The Morgan fingerprint density at radius 2 is 2.43 bits per heavy atom. The van der Waals surface area contributed by atoms with Crippen molar-refractivity contribution >= 4 is 0 Å². The highest BCUT2D eigenvalue weighted by Crippen LogP contribution is 2.01. The molecule has 1 fully saturated rings. The van der Waals surface area contributed by atoms with Crippen LogP contribution in [-0.2, 0) is 9.47 Å². The standard InChI is InChI=1S/C10H22N2O2/c1-12-5-7-14-10(9-12)8-11-4-3-6-13-2/h10-11H,3-9H2,1-2H3. The summed E-state index contributed by atoms with van der Waals surface area (Å²) >= 11 is 0. The molecule has 1 saturated heterocycles. The first-order valence-electron chi connectivity index (χ1n) is 5.32. The lowest BCUT2D eigenvalue weighted by Gasteiger charge is -2.30. The van der Waals surface area contributed by atoms with E-state index in [1.54, 1.807) is 7.11 Å². The first-order chi connectivity index (χ1) is 6.83. The molecule has 1 heterocycles. The average molecular weight is 202 g/mol. The van der Waals surface area contributed by atoms with Gasteiger partial charge >= 0.3 is 0 Å². The van der Waals surface area contributed by atoms with Crippen molar-refractivity contribution in [2.75, 3.05) is 53.6 Å². The van der Waals surface area contributed by atoms with E-state index < -0.39 is 0 Å². The van der Waals surface area contributed by atoms with Crippen molar-refractivity contribution in [1.29, 1.82) is 0 Å². The maximum absolute atomic E-state index is 5.62. The summed E-state index contributed by atoms with van der Waals surface area (Å²) in [6.45, 7) is 5.75. The highest BCUT2D eigenvalue weighted by Gasteiger charge is 2.16. The number of likely N-dealkylation sites (N-methyl/N-ethyl adjacent to an activating group) is 1. The van der Waals surface area contributed by atoms with Gasteiger partial charge < -0.3 is 19.7 Å². The van der Waals surface area contributed by atoms with Crippen LogP contribution in [0.15, 0.2) is 0 Å². The lowest BCUT2D eigenvalue weighted by Crippen LogP contribution is -2.45. The zero-order valence-electron chi connectivity index (χ0n) is 9.29. The van der Waals surface area contributed by atoms with Crippen LogP contribution in [0.2, 0.25) is 0 Å².